The van der Waals surface area contributed by atoms with E-state index < -0.39 is 0 Å². The van der Waals surface area contributed by atoms with Crippen molar-refractivity contribution in [1.29, 1.82) is 0 Å². The molecule has 0 atom stereocenters. The number of aromatic nitrogens is 2. The summed E-state index contributed by atoms with van der Waals surface area (Å²) in [6, 6.07) is 21.3. The summed E-state index contributed by atoms with van der Waals surface area (Å²) >= 11 is 5.98. The van der Waals surface area contributed by atoms with E-state index in [1.165, 1.54) is 12.1 Å². The number of hydrogen-bond donors (Lipinski definition) is 1. The van der Waals surface area contributed by atoms with E-state index in [1.807, 2.05) is 43.3 Å². The average molecular weight is 391 g/mol. The van der Waals surface area contributed by atoms with Gasteiger partial charge in [-0.25, -0.2) is 14.4 Å². The minimum absolute atomic E-state index is 0.279. The Morgan fingerprint density at radius 2 is 1.64 bits per heavy atom. The lowest BCUT2D eigenvalue weighted by Crippen LogP contribution is -2.03. The van der Waals surface area contributed by atoms with Gasteiger partial charge in [-0.05, 0) is 61.0 Å². The van der Waals surface area contributed by atoms with Crippen LogP contribution in [0.3, 0.4) is 0 Å². The lowest BCUT2D eigenvalue weighted by molar-refractivity contribution is 0.628. The third-order valence-corrected chi connectivity index (χ3v) is 4.55. The first-order valence-corrected chi connectivity index (χ1v) is 9.07. The molecule has 0 saturated carbocycles. The molecule has 0 amide bonds. The summed E-state index contributed by atoms with van der Waals surface area (Å²) in [5, 5.41) is 5.94. The molecule has 0 fully saturated rings. The number of para-hydroxylation sites is 1. The number of rotatable bonds is 4. The molecular weight excluding hydrogens is 375 g/mol. The minimum Gasteiger partial charge on any atom is -0.260 e. The number of anilines is 1. The zero-order valence-electron chi connectivity index (χ0n) is 15.0. The Labute approximate surface area is 166 Å². The van der Waals surface area contributed by atoms with Crippen LogP contribution in [0, 0.1) is 5.82 Å². The molecule has 0 unspecified atom stereocenters. The molecule has 3 aromatic carbocycles. The van der Waals surface area contributed by atoms with Crippen molar-refractivity contribution in [3.8, 4) is 11.4 Å². The fourth-order valence-corrected chi connectivity index (χ4v) is 2.91. The van der Waals surface area contributed by atoms with Gasteiger partial charge in [0.25, 0.3) is 0 Å². The molecule has 4 nitrogen and oxygen atoms in total. The Bertz CT molecular complexity index is 1160. The predicted molar refractivity (Wildman–Crippen MR) is 112 cm³/mol. The summed E-state index contributed by atoms with van der Waals surface area (Å²) in [5.74, 6) is 0.892. The van der Waals surface area contributed by atoms with Crippen LogP contribution >= 0.6 is 11.6 Å². The van der Waals surface area contributed by atoms with Crippen molar-refractivity contribution in [2.75, 3.05) is 5.43 Å². The fraction of sp³-hybridized carbons (Fsp3) is 0.0455. The summed E-state index contributed by atoms with van der Waals surface area (Å²) in [6.07, 6.45) is 0. The maximum atomic E-state index is 13.1. The van der Waals surface area contributed by atoms with E-state index >= 15 is 0 Å². The van der Waals surface area contributed by atoms with E-state index in [4.69, 9.17) is 11.6 Å². The van der Waals surface area contributed by atoms with Crippen molar-refractivity contribution in [2.24, 2.45) is 5.10 Å². The van der Waals surface area contributed by atoms with Crippen LogP contribution in [0.2, 0.25) is 5.02 Å². The largest absolute Gasteiger partial charge is 0.260 e. The van der Waals surface area contributed by atoms with Gasteiger partial charge in [-0.2, -0.15) is 5.10 Å². The Morgan fingerprint density at radius 1 is 0.929 bits per heavy atom. The van der Waals surface area contributed by atoms with Crippen molar-refractivity contribution >= 4 is 34.0 Å². The molecule has 1 N–H and O–H groups in total. The average Bonchev–Trinajstić information content (AvgIpc) is 2.72. The molecule has 138 valence electrons. The van der Waals surface area contributed by atoms with Crippen LogP contribution in [0.5, 0.6) is 0 Å². The molecule has 0 aliphatic carbocycles. The van der Waals surface area contributed by atoms with Crippen molar-refractivity contribution in [3.05, 3.63) is 89.2 Å². The van der Waals surface area contributed by atoms with Gasteiger partial charge in [-0.1, -0.05) is 35.9 Å². The van der Waals surface area contributed by atoms with E-state index in [1.54, 1.807) is 24.3 Å². The van der Waals surface area contributed by atoms with Crippen LogP contribution in [0.1, 0.15) is 12.5 Å². The van der Waals surface area contributed by atoms with E-state index in [9.17, 15) is 4.39 Å². The third kappa shape index (κ3) is 3.85. The zero-order valence-corrected chi connectivity index (χ0v) is 15.8. The summed E-state index contributed by atoms with van der Waals surface area (Å²) in [7, 11) is 0. The Balaban J connectivity index is 1.73. The van der Waals surface area contributed by atoms with Crippen LogP contribution in [0.4, 0.5) is 10.2 Å². The van der Waals surface area contributed by atoms with Crippen molar-refractivity contribution in [2.45, 2.75) is 6.92 Å². The molecule has 0 saturated heterocycles. The van der Waals surface area contributed by atoms with Crippen LogP contribution in [0.25, 0.3) is 22.3 Å². The predicted octanol–water partition coefficient (Wildman–Crippen LogP) is 5.93. The zero-order chi connectivity index (χ0) is 19.5. The molecule has 0 radical (unpaired) electrons. The van der Waals surface area contributed by atoms with Gasteiger partial charge in [0.2, 0.25) is 0 Å². The maximum absolute atomic E-state index is 13.1. The molecule has 6 heteroatoms. The topological polar surface area (TPSA) is 50.2 Å². The van der Waals surface area contributed by atoms with Crippen LogP contribution in [0.15, 0.2) is 77.9 Å². The molecular formula is C22H16ClFN4. The number of halogens is 2. The van der Waals surface area contributed by atoms with E-state index in [2.05, 4.69) is 20.5 Å². The van der Waals surface area contributed by atoms with Crippen molar-refractivity contribution in [3.63, 3.8) is 0 Å². The number of hydrogen-bond acceptors (Lipinski definition) is 4. The van der Waals surface area contributed by atoms with E-state index in [0.717, 1.165) is 27.7 Å². The van der Waals surface area contributed by atoms with Gasteiger partial charge in [-0.3, -0.25) is 5.43 Å². The third-order valence-electron chi connectivity index (χ3n) is 4.30. The first kappa shape index (κ1) is 18.1. The monoisotopic (exact) mass is 390 g/mol. The van der Waals surface area contributed by atoms with E-state index in [-0.39, 0.29) is 5.82 Å². The second-order valence-corrected chi connectivity index (χ2v) is 6.67. The number of nitrogens with one attached hydrogen (secondary N) is 1. The van der Waals surface area contributed by atoms with Gasteiger partial charge in [0, 0.05) is 16.0 Å². The van der Waals surface area contributed by atoms with Crippen molar-refractivity contribution < 1.29 is 4.39 Å². The quantitative estimate of drug-likeness (QED) is 0.347. The van der Waals surface area contributed by atoms with Gasteiger partial charge in [0.1, 0.15) is 5.82 Å². The fourth-order valence-electron chi connectivity index (χ4n) is 2.78. The highest BCUT2D eigenvalue weighted by Gasteiger charge is 2.09. The van der Waals surface area contributed by atoms with E-state index in [0.29, 0.717) is 16.7 Å². The first-order chi connectivity index (χ1) is 13.6. The van der Waals surface area contributed by atoms with Crippen LogP contribution in [-0.4, -0.2) is 15.7 Å². The molecule has 28 heavy (non-hydrogen) atoms. The second-order valence-electron chi connectivity index (χ2n) is 6.24. The normalized spacial score (nSPS) is 11.6. The number of nitrogens with zero attached hydrogens (tertiary/aromatic N) is 3. The minimum atomic E-state index is -0.279. The summed E-state index contributed by atoms with van der Waals surface area (Å²) < 4.78 is 13.1. The second kappa shape index (κ2) is 7.74. The number of fused-ring (bicyclic) bond motifs is 1. The molecule has 0 aliphatic heterocycles. The number of hydrazone groups is 1. The molecule has 1 heterocycles. The summed E-state index contributed by atoms with van der Waals surface area (Å²) in [4.78, 5) is 9.29. The van der Waals surface area contributed by atoms with Crippen LogP contribution in [-0.2, 0) is 0 Å². The lowest BCUT2D eigenvalue weighted by Gasteiger charge is -2.09. The van der Waals surface area contributed by atoms with Gasteiger partial charge in [-0.15, -0.1) is 0 Å². The van der Waals surface area contributed by atoms with Gasteiger partial charge in [0.15, 0.2) is 11.6 Å². The highest BCUT2D eigenvalue weighted by molar-refractivity contribution is 6.30. The highest BCUT2D eigenvalue weighted by Crippen LogP contribution is 2.25. The van der Waals surface area contributed by atoms with Crippen molar-refractivity contribution in [1.82, 2.24) is 9.97 Å². The standard InChI is InChI=1S/C22H16ClFN4/c1-14(15-8-12-18(24)13-9-15)27-28-22-19-4-2-3-5-20(19)25-21(26-22)16-6-10-17(23)11-7-16/h2-13H,1H3,(H,25,26,28)/b27-14+. The highest BCUT2D eigenvalue weighted by atomic mass is 35.5. The molecule has 0 aliphatic rings. The maximum Gasteiger partial charge on any atom is 0.162 e. The summed E-state index contributed by atoms with van der Waals surface area (Å²) in [5.41, 5.74) is 6.25. The first-order valence-electron chi connectivity index (χ1n) is 8.69. The molecule has 0 spiro atoms. The SMILES string of the molecule is C/C(=N\Nc1nc(-c2ccc(Cl)cc2)nc2ccccc12)c1ccc(F)cc1. The Hall–Kier alpha value is -3.31. The molecule has 4 aromatic rings. The Kier molecular flexibility index (Phi) is 5.00. The van der Waals surface area contributed by atoms with Gasteiger partial charge >= 0.3 is 0 Å². The molecule has 1 aromatic heterocycles. The molecule has 4 rings (SSSR count). The molecule has 0 bridgehead atoms. The number of benzene rings is 3. The smallest absolute Gasteiger partial charge is 0.162 e. The lowest BCUT2D eigenvalue weighted by atomic mass is 10.1. The van der Waals surface area contributed by atoms with Crippen LogP contribution < -0.4 is 5.43 Å². The van der Waals surface area contributed by atoms with Gasteiger partial charge < -0.3 is 0 Å². The summed E-state index contributed by atoms with van der Waals surface area (Å²) in [6.45, 7) is 1.85. The van der Waals surface area contributed by atoms with Gasteiger partial charge in [0.05, 0.1) is 11.2 Å². The Morgan fingerprint density at radius 3 is 2.39 bits per heavy atom.